The third-order valence-corrected chi connectivity index (χ3v) is 5.08. The van der Waals surface area contributed by atoms with Crippen LogP contribution in [0, 0.1) is 5.82 Å². The summed E-state index contributed by atoms with van der Waals surface area (Å²) in [6.07, 6.45) is 1.64. The van der Waals surface area contributed by atoms with Gasteiger partial charge in [-0.05, 0) is 54.9 Å². The molecule has 0 unspecified atom stereocenters. The van der Waals surface area contributed by atoms with Crippen LogP contribution in [0.1, 0.15) is 23.6 Å². The lowest BCUT2D eigenvalue weighted by Gasteiger charge is -2.30. The highest BCUT2D eigenvalue weighted by Crippen LogP contribution is 2.27. The van der Waals surface area contributed by atoms with Crippen molar-refractivity contribution in [3.8, 4) is 0 Å². The SMILES string of the molecule is C[C@@H](c1cccs1)N(Cc1ccco1)C(=S)Nc1ccccc1F. The van der Waals surface area contributed by atoms with Crippen LogP contribution in [0.4, 0.5) is 10.1 Å². The number of thiocarbonyl (C=S) groups is 1. The Hall–Kier alpha value is -2.18. The lowest BCUT2D eigenvalue weighted by atomic mass is 10.2. The Bertz CT molecular complexity index is 787. The fourth-order valence-electron chi connectivity index (χ4n) is 2.39. The van der Waals surface area contributed by atoms with Crippen molar-refractivity contribution < 1.29 is 8.81 Å². The molecule has 2 heterocycles. The third kappa shape index (κ3) is 3.83. The van der Waals surface area contributed by atoms with Crippen molar-refractivity contribution in [2.24, 2.45) is 0 Å². The van der Waals surface area contributed by atoms with E-state index in [0.29, 0.717) is 17.3 Å². The number of anilines is 1. The Morgan fingerprint density at radius 3 is 2.75 bits per heavy atom. The smallest absolute Gasteiger partial charge is 0.174 e. The molecular formula is C18H17FN2OS2. The zero-order valence-electron chi connectivity index (χ0n) is 13.1. The average Bonchev–Trinajstić information content (AvgIpc) is 3.27. The summed E-state index contributed by atoms with van der Waals surface area (Å²) in [7, 11) is 0. The molecule has 0 aliphatic heterocycles. The van der Waals surface area contributed by atoms with E-state index in [1.807, 2.05) is 28.5 Å². The van der Waals surface area contributed by atoms with Crippen molar-refractivity contribution in [3.63, 3.8) is 0 Å². The first-order valence-electron chi connectivity index (χ1n) is 7.53. The Balaban J connectivity index is 1.83. The molecule has 3 aromatic rings. The highest BCUT2D eigenvalue weighted by Gasteiger charge is 2.21. The summed E-state index contributed by atoms with van der Waals surface area (Å²) < 4.78 is 19.4. The molecule has 0 fully saturated rings. The molecule has 1 aromatic carbocycles. The maximum absolute atomic E-state index is 13.9. The van der Waals surface area contributed by atoms with Crippen molar-refractivity contribution >= 4 is 34.4 Å². The van der Waals surface area contributed by atoms with Crippen LogP contribution < -0.4 is 5.32 Å². The van der Waals surface area contributed by atoms with Gasteiger partial charge >= 0.3 is 0 Å². The molecule has 0 bridgehead atoms. The van der Waals surface area contributed by atoms with Crippen molar-refractivity contribution in [1.82, 2.24) is 4.90 Å². The molecule has 0 radical (unpaired) electrons. The molecule has 2 aromatic heterocycles. The van der Waals surface area contributed by atoms with E-state index in [0.717, 1.165) is 5.76 Å². The lowest BCUT2D eigenvalue weighted by Crippen LogP contribution is -2.36. The van der Waals surface area contributed by atoms with E-state index in [-0.39, 0.29) is 11.9 Å². The van der Waals surface area contributed by atoms with Gasteiger partial charge in [0.1, 0.15) is 11.6 Å². The zero-order chi connectivity index (χ0) is 16.9. The number of halogens is 1. The molecule has 1 atom stereocenters. The van der Waals surface area contributed by atoms with Gasteiger partial charge in [0.25, 0.3) is 0 Å². The minimum atomic E-state index is -0.332. The fourth-order valence-corrected chi connectivity index (χ4v) is 3.52. The summed E-state index contributed by atoms with van der Waals surface area (Å²) in [4.78, 5) is 3.17. The van der Waals surface area contributed by atoms with Gasteiger partial charge in [-0.1, -0.05) is 18.2 Å². The number of para-hydroxylation sites is 1. The summed E-state index contributed by atoms with van der Waals surface area (Å²) in [6.45, 7) is 2.58. The van der Waals surface area contributed by atoms with Gasteiger partial charge in [-0.25, -0.2) is 4.39 Å². The predicted octanol–water partition coefficient (Wildman–Crippen LogP) is 5.44. The molecule has 24 heavy (non-hydrogen) atoms. The molecule has 6 heteroatoms. The molecular weight excluding hydrogens is 343 g/mol. The first-order chi connectivity index (χ1) is 11.6. The summed E-state index contributed by atoms with van der Waals surface area (Å²) in [6, 6.07) is 14.4. The molecule has 0 saturated heterocycles. The number of furan rings is 1. The highest BCUT2D eigenvalue weighted by molar-refractivity contribution is 7.80. The van der Waals surface area contributed by atoms with Crippen LogP contribution in [0.5, 0.6) is 0 Å². The second kappa shape index (κ2) is 7.59. The molecule has 124 valence electrons. The van der Waals surface area contributed by atoms with Crippen LogP contribution in [-0.2, 0) is 6.54 Å². The van der Waals surface area contributed by atoms with Gasteiger partial charge in [0, 0.05) is 4.88 Å². The molecule has 0 aliphatic carbocycles. The second-order valence-electron chi connectivity index (χ2n) is 5.31. The van der Waals surface area contributed by atoms with E-state index >= 15 is 0 Å². The van der Waals surface area contributed by atoms with E-state index in [2.05, 4.69) is 18.3 Å². The van der Waals surface area contributed by atoms with Gasteiger partial charge in [-0.2, -0.15) is 0 Å². The fraction of sp³-hybridized carbons (Fsp3) is 0.167. The Labute approximate surface area is 149 Å². The van der Waals surface area contributed by atoms with E-state index in [4.69, 9.17) is 16.6 Å². The second-order valence-corrected chi connectivity index (χ2v) is 6.67. The van der Waals surface area contributed by atoms with Crippen LogP contribution in [0.3, 0.4) is 0 Å². The summed E-state index contributed by atoms with van der Waals surface area (Å²) in [5.41, 5.74) is 0.366. The number of hydrogen-bond acceptors (Lipinski definition) is 3. The van der Waals surface area contributed by atoms with Crippen molar-refractivity contribution in [1.29, 1.82) is 0 Å². The van der Waals surface area contributed by atoms with Gasteiger partial charge < -0.3 is 14.6 Å². The quantitative estimate of drug-likeness (QED) is 0.613. The molecule has 0 aliphatic rings. The van der Waals surface area contributed by atoms with Gasteiger partial charge in [0.15, 0.2) is 5.11 Å². The van der Waals surface area contributed by atoms with Crippen molar-refractivity contribution in [2.75, 3.05) is 5.32 Å². The largest absolute Gasteiger partial charge is 0.467 e. The molecule has 1 N–H and O–H groups in total. The van der Waals surface area contributed by atoms with E-state index in [1.165, 1.54) is 10.9 Å². The standard InChI is InChI=1S/C18H17FN2OS2/c1-13(17-9-5-11-24-17)21(12-14-6-4-10-22-14)18(23)20-16-8-3-2-7-15(16)19/h2-11,13H,12H2,1H3,(H,20,23)/t13-/m0/s1. The van der Waals surface area contributed by atoms with E-state index in [1.54, 1.807) is 35.8 Å². The van der Waals surface area contributed by atoms with Gasteiger partial charge in [0.05, 0.1) is 24.5 Å². The average molecular weight is 360 g/mol. The predicted molar refractivity (Wildman–Crippen MR) is 99.6 cm³/mol. The number of hydrogen-bond donors (Lipinski definition) is 1. The number of nitrogens with one attached hydrogen (secondary N) is 1. The lowest BCUT2D eigenvalue weighted by molar-refractivity contribution is 0.306. The maximum Gasteiger partial charge on any atom is 0.174 e. The summed E-state index contributed by atoms with van der Waals surface area (Å²) in [5.74, 6) is 0.470. The van der Waals surface area contributed by atoms with Crippen molar-refractivity contribution in [3.05, 3.63) is 76.6 Å². The number of thiophene rings is 1. The minimum Gasteiger partial charge on any atom is -0.467 e. The van der Waals surface area contributed by atoms with Gasteiger partial charge in [-0.3, -0.25) is 0 Å². The van der Waals surface area contributed by atoms with E-state index in [9.17, 15) is 4.39 Å². The Morgan fingerprint density at radius 1 is 1.25 bits per heavy atom. The maximum atomic E-state index is 13.9. The third-order valence-electron chi connectivity index (χ3n) is 3.71. The van der Waals surface area contributed by atoms with Crippen LogP contribution in [0.2, 0.25) is 0 Å². The zero-order valence-corrected chi connectivity index (χ0v) is 14.7. The topological polar surface area (TPSA) is 28.4 Å². The molecule has 0 spiro atoms. The molecule has 0 amide bonds. The van der Waals surface area contributed by atoms with Crippen LogP contribution in [-0.4, -0.2) is 10.0 Å². The van der Waals surface area contributed by atoms with E-state index < -0.39 is 0 Å². The van der Waals surface area contributed by atoms with Crippen molar-refractivity contribution in [2.45, 2.75) is 19.5 Å². The Morgan fingerprint density at radius 2 is 2.08 bits per heavy atom. The van der Waals surface area contributed by atoms with Crippen LogP contribution in [0.25, 0.3) is 0 Å². The highest BCUT2D eigenvalue weighted by atomic mass is 32.1. The summed E-state index contributed by atoms with van der Waals surface area (Å²) >= 11 is 7.22. The molecule has 3 nitrogen and oxygen atoms in total. The molecule has 0 saturated carbocycles. The van der Waals surface area contributed by atoms with Crippen LogP contribution in [0.15, 0.2) is 64.6 Å². The minimum absolute atomic E-state index is 0.0434. The molecule has 3 rings (SSSR count). The van der Waals surface area contributed by atoms with Gasteiger partial charge in [0.2, 0.25) is 0 Å². The number of benzene rings is 1. The Kier molecular flexibility index (Phi) is 5.27. The summed E-state index contributed by atoms with van der Waals surface area (Å²) in [5, 5.41) is 5.50. The number of rotatable bonds is 5. The normalized spacial score (nSPS) is 11.9. The monoisotopic (exact) mass is 360 g/mol. The first kappa shape index (κ1) is 16.7. The number of nitrogens with zero attached hydrogens (tertiary/aromatic N) is 1. The first-order valence-corrected chi connectivity index (χ1v) is 8.82. The van der Waals surface area contributed by atoms with Gasteiger partial charge in [-0.15, -0.1) is 11.3 Å². The van der Waals surface area contributed by atoms with Crippen LogP contribution >= 0.6 is 23.6 Å².